The molecule has 0 bridgehead atoms. The number of ether oxygens (including phenoxy) is 2. The second-order valence-electron chi connectivity index (χ2n) is 3.30. The summed E-state index contributed by atoms with van der Waals surface area (Å²) in [7, 11) is 1.44. The summed E-state index contributed by atoms with van der Waals surface area (Å²) in [5, 5.41) is 19.2. The second-order valence-corrected chi connectivity index (χ2v) is 3.30. The van der Waals surface area contributed by atoms with E-state index in [0.717, 1.165) is 5.56 Å². The average molecular weight is 196 g/mol. The molecule has 1 aromatic carbocycles. The summed E-state index contributed by atoms with van der Waals surface area (Å²) in [6.45, 7) is 2.28. The molecule has 0 amide bonds. The van der Waals surface area contributed by atoms with Crippen molar-refractivity contribution in [3.8, 4) is 17.2 Å². The molecule has 0 saturated heterocycles. The summed E-state index contributed by atoms with van der Waals surface area (Å²) in [4.78, 5) is 0. The van der Waals surface area contributed by atoms with Gasteiger partial charge in [-0.3, -0.25) is 0 Å². The van der Waals surface area contributed by atoms with E-state index in [-0.39, 0.29) is 23.4 Å². The fraction of sp³-hybridized carbons (Fsp3) is 0.400. The first kappa shape index (κ1) is 9.15. The van der Waals surface area contributed by atoms with Crippen LogP contribution in [-0.4, -0.2) is 17.3 Å². The number of phenolic OH excluding ortho intramolecular Hbond substituents is 2. The predicted molar refractivity (Wildman–Crippen MR) is 49.5 cm³/mol. The van der Waals surface area contributed by atoms with Crippen LogP contribution in [0, 0.1) is 0 Å². The van der Waals surface area contributed by atoms with Gasteiger partial charge in [-0.2, -0.15) is 0 Å². The number of hydrogen-bond donors (Lipinski definition) is 2. The van der Waals surface area contributed by atoms with Gasteiger partial charge < -0.3 is 19.7 Å². The van der Waals surface area contributed by atoms with Gasteiger partial charge in [0.25, 0.3) is 0 Å². The van der Waals surface area contributed by atoms with Gasteiger partial charge in [0.2, 0.25) is 5.75 Å². The molecule has 1 aliphatic rings. The highest BCUT2D eigenvalue weighted by Crippen LogP contribution is 2.46. The van der Waals surface area contributed by atoms with E-state index in [4.69, 9.17) is 9.47 Å². The highest BCUT2D eigenvalue weighted by molar-refractivity contribution is 5.58. The van der Waals surface area contributed by atoms with Gasteiger partial charge in [0.15, 0.2) is 11.5 Å². The highest BCUT2D eigenvalue weighted by atomic mass is 16.5. The van der Waals surface area contributed by atoms with Crippen molar-refractivity contribution >= 4 is 0 Å². The number of hydrogen-bond acceptors (Lipinski definition) is 4. The third-order valence-electron chi connectivity index (χ3n) is 2.48. The fourth-order valence-electron chi connectivity index (χ4n) is 1.73. The number of fused-ring (bicyclic) bond motifs is 1. The minimum absolute atomic E-state index is 0.135. The molecule has 14 heavy (non-hydrogen) atoms. The van der Waals surface area contributed by atoms with Crippen molar-refractivity contribution in [1.29, 1.82) is 0 Å². The molecule has 4 heteroatoms. The molecule has 0 unspecified atom stereocenters. The third-order valence-corrected chi connectivity index (χ3v) is 2.48. The fourth-order valence-corrected chi connectivity index (χ4v) is 1.73. The first-order valence-corrected chi connectivity index (χ1v) is 4.38. The predicted octanol–water partition coefficient (Wildman–Crippen LogP) is 1.70. The first-order valence-electron chi connectivity index (χ1n) is 4.38. The Morgan fingerprint density at radius 1 is 1.43 bits per heavy atom. The molecule has 1 heterocycles. The van der Waals surface area contributed by atoms with Crippen molar-refractivity contribution in [1.82, 2.24) is 0 Å². The van der Waals surface area contributed by atoms with E-state index in [0.29, 0.717) is 12.2 Å². The summed E-state index contributed by atoms with van der Waals surface area (Å²) in [5.41, 5.74) is 1.52. The lowest BCUT2D eigenvalue weighted by atomic mass is 10.0. The van der Waals surface area contributed by atoms with Crippen LogP contribution in [0.2, 0.25) is 0 Å². The van der Waals surface area contributed by atoms with Crippen LogP contribution in [0.15, 0.2) is 6.07 Å². The number of phenols is 2. The largest absolute Gasteiger partial charge is 0.504 e. The van der Waals surface area contributed by atoms with Crippen molar-refractivity contribution in [2.45, 2.75) is 19.6 Å². The van der Waals surface area contributed by atoms with E-state index >= 15 is 0 Å². The molecule has 0 fully saturated rings. The maximum atomic E-state index is 9.69. The number of benzene rings is 1. The summed E-state index contributed by atoms with van der Waals surface area (Å²) in [6.07, 6.45) is -0.179. The Bertz CT molecular complexity index is 373. The Morgan fingerprint density at radius 2 is 2.14 bits per heavy atom. The molecule has 4 nitrogen and oxygen atoms in total. The van der Waals surface area contributed by atoms with E-state index in [1.165, 1.54) is 7.11 Å². The van der Waals surface area contributed by atoms with Gasteiger partial charge >= 0.3 is 0 Å². The van der Waals surface area contributed by atoms with Gasteiger partial charge in [-0.25, -0.2) is 0 Å². The molecular weight excluding hydrogens is 184 g/mol. The zero-order valence-electron chi connectivity index (χ0n) is 8.07. The van der Waals surface area contributed by atoms with Gasteiger partial charge in [-0.1, -0.05) is 0 Å². The van der Waals surface area contributed by atoms with Crippen molar-refractivity contribution in [3.05, 3.63) is 17.2 Å². The lowest BCUT2D eigenvalue weighted by Crippen LogP contribution is -1.92. The van der Waals surface area contributed by atoms with Crippen molar-refractivity contribution < 1.29 is 19.7 Å². The Balaban J connectivity index is 2.63. The molecule has 1 atom stereocenters. The molecule has 76 valence electrons. The molecule has 2 rings (SSSR count). The molecule has 0 aromatic heterocycles. The van der Waals surface area contributed by atoms with Crippen LogP contribution in [0.1, 0.15) is 24.2 Å². The van der Waals surface area contributed by atoms with Crippen LogP contribution in [0.4, 0.5) is 0 Å². The normalized spacial score (nSPS) is 19.4. The Morgan fingerprint density at radius 3 is 2.79 bits per heavy atom. The number of rotatable bonds is 1. The van der Waals surface area contributed by atoms with Crippen LogP contribution in [0.5, 0.6) is 17.2 Å². The lowest BCUT2D eigenvalue weighted by molar-refractivity contribution is 0.0785. The summed E-state index contributed by atoms with van der Waals surface area (Å²) >= 11 is 0. The van der Waals surface area contributed by atoms with Crippen LogP contribution in [0.3, 0.4) is 0 Å². The third kappa shape index (κ3) is 1.11. The lowest BCUT2D eigenvalue weighted by Gasteiger charge is -2.10. The number of methoxy groups -OCH3 is 1. The van der Waals surface area contributed by atoms with E-state index in [2.05, 4.69) is 0 Å². The van der Waals surface area contributed by atoms with E-state index < -0.39 is 0 Å². The first-order chi connectivity index (χ1) is 6.65. The zero-order chi connectivity index (χ0) is 10.3. The molecule has 1 aliphatic heterocycles. The monoisotopic (exact) mass is 196 g/mol. The minimum Gasteiger partial charge on any atom is -0.504 e. The van der Waals surface area contributed by atoms with Gasteiger partial charge in [-0.05, 0) is 18.6 Å². The van der Waals surface area contributed by atoms with Gasteiger partial charge in [0.05, 0.1) is 19.8 Å². The number of aromatic hydroxyl groups is 2. The van der Waals surface area contributed by atoms with E-state index in [9.17, 15) is 10.2 Å². The SMILES string of the molecule is COc1cc2c(c(O)c1O)[C@H](C)OC2. The highest BCUT2D eigenvalue weighted by Gasteiger charge is 2.27. The van der Waals surface area contributed by atoms with E-state index in [1.807, 2.05) is 6.92 Å². The van der Waals surface area contributed by atoms with Crippen molar-refractivity contribution in [2.24, 2.45) is 0 Å². The van der Waals surface area contributed by atoms with Crippen LogP contribution in [0.25, 0.3) is 0 Å². The molecule has 0 spiro atoms. The van der Waals surface area contributed by atoms with Gasteiger partial charge in [0.1, 0.15) is 0 Å². The van der Waals surface area contributed by atoms with E-state index in [1.54, 1.807) is 6.07 Å². The molecule has 1 aromatic rings. The van der Waals surface area contributed by atoms with Crippen LogP contribution in [-0.2, 0) is 11.3 Å². The maximum absolute atomic E-state index is 9.69. The second kappa shape index (κ2) is 3.06. The minimum atomic E-state index is -0.219. The summed E-state index contributed by atoms with van der Waals surface area (Å²) in [6, 6.07) is 1.69. The standard InChI is InChI=1S/C10H12O4/c1-5-8-6(4-14-5)3-7(13-2)9(11)10(8)12/h3,5,11-12H,4H2,1-2H3/t5-/m0/s1. The Kier molecular flexibility index (Phi) is 2.00. The maximum Gasteiger partial charge on any atom is 0.200 e. The van der Waals surface area contributed by atoms with Crippen LogP contribution >= 0.6 is 0 Å². The smallest absolute Gasteiger partial charge is 0.200 e. The zero-order valence-corrected chi connectivity index (χ0v) is 8.07. The molecule has 0 saturated carbocycles. The Hall–Kier alpha value is -1.42. The molecule has 0 radical (unpaired) electrons. The van der Waals surface area contributed by atoms with Crippen LogP contribution < -0.4 is 4.74 Å². The molecular formula is C10H12O4. The Labute approximate surface area is 81.7 Å². The van der Waals surface area contributed by atoms with Gasteiger partial charge in [-0.15, -0.1) is 0 Å². The van der Waals surface area contributed by atoms with Gasteiger partial charge in [0, 0.05) is 5.56 Å². The van der Waals surface area contributed by atoms with Crippen molar-refractivity contribution in [3.63, 3.8) is 0 Å². The summed E-state index contributed by atoms with van der Waals surface area (Å²) < 4.78 is 10.3. The molecule has 0 aliphatic carbocycles. The average Bonchev–Trinajstić information content (AvgIpc) is 2.54. The quantitative estimate of drug-likeness (QED) is 0.671. The molecule has 2 N–H and O–H groups in total. The summed E-state index contributed by atoms with van der Waals surface area (Å²) in [5.74, 6) is -0.0769. The topological polar surface area (TPSA) is 58.9 Å². The van der Waals surface area contributed by atoms with Crippen molar-refractivity contribution in [2.75, 3.05) is 7.11 Å².